The zero-order valence-electron chi connectivity index (χ0n) is 12.8. The second-order valence-corrected chi connectivity index (χ2v) is 6.05. The fraction of sp³-hybridized carbons (Fsp3) is 0. The van der Waals surface area contributed by atoms with Crippen molar-refractivity contribution in [3.63, 3.8) is 0 Å². The van der Waals surface area contributed by atoms with Crippen LogP contribution in [-0.4, -0.2) is 16.2 Å². The molecule has 2 aromatic heterocycles. The zero-order valence-corrected chi connectivity index (χ0v) is 13.6. The van der Waals surface area contributed by atoms with Crippen LogP contribution < -0.4 is 5.43 Å². The molecular weight excluding hydrogens is 316 g/mol. The molecule has 0 aliphatic carbocycles. The van der Waals surface area contributed by atoms with Crippen LogP contribution in [0.2, 0.25) is 0 Å². The number of fused-ring (bicyclic) bond motifs is 1. The predicted octanol–water partition coefficient (Wildman–Crippen LogP) is 4.80. The molecule has 2 aromatic carbocycles. The molecule has 0 amide bonds. The summed E-state index contributed by atoms with van der Waals surface area (Å²) < 4.78 is 0. The number of anilines is 1. The van der Waals surface area contributed by atoms with Crippen molar-refractivity contribution >= 4 is 33.5 Å². The highest BCUT2D eigenvalue weighted by Crippen LogP contribution is 2.30. The lowest BCUT2D eigenvalue weighted by molar-refractivity contribution is 1.26. The maximum Gasteiger partial charge on any atom is 0.203 e. The molecule has 0 atom stereocenters. The first kappa shape index (κ1) is 14.5. The third-order valence-corrected chi connectivity index (χ3v) is 4.36. The first-order valence-corrected chi connectivity index (χ1v) is 8.42. The Balaban J connectivity index is 1.57. The third kappa shape index (κ3) is 3.02. The van der Waals surface area contributed by atoms with Crippen molar-refractivity contribution in [3.05, 3.63) is 77.9 Å². The molecule has 2 heterocycles. The number of rotatable bonds is 4. The van der Waals surface area contributed by atoms with Crippen molar-refractivity contribution in [2.24, 2.45) is 5.10 Å². The monoisotopic (exact) mass is 330 g/mol. The largest absolute Gasteiger partial charge is 0.255 e. The molecule has 24 heavy (non-hydrogen) atoms. The van der Waals surface area contributed by atoms with Crippen molar-refractivity contribution in [3.8, 4) is 11.3 Å². The summed E-state index contributed by atoms with van der Waals surface area (Å²) in [5, 5.41) is 9.40. The molecule has 5 heteroatoms. The van der Waals surface area contributed by atoms with E-state index in [-0.39, 0.29) is 0 Å². The second kappa shape index (κ2) is 6.60. The van der Waals surface area contributed by atoms with E-state index in [1.165, 1.54) is 22.1 Å². The summed E-state index contributed by atoms with van der Waals surface area (Å²) in [4.78, 5) is 8.83. The Morgan fingerprint density at radius 1 is 0.958 bits per heavy atom. The average molecular weight is 330 g/mol. The molecule has 0 saturated carbocycles. The van der Waals surface area contributed by atoms with Crippen LogP contribution in [-0.2, 0) is 0 Å². The van der Waals surface area contributed by atoms with E-state index in [1.54, 1.807) is 12.4 Å². The minimum Gasteiger partial charge on any atom is -0.255 e. The van der Waals surface area contributed by atoms with Crippen molar-refractivity contribution in [1.29, 1.82) is 0 Å². The Morgan fingerprint density at radius 3 is 2.75 bits per heavy atom. The first-order chi connectivity index (χ1) is 11.9. The van der Waals surface area contributed by atoms with E-state index in [0.29, 0.717) is 0 Å². The number of pyridine rings is 1. The Kier molecular flexibility index (Phi) is 4.00. The number of aromatic nitrogens is 2. The van der Waals surface area contributed by atoms with E-state index in [9.17, 15) is 0 Å². The fourth-order valence-electron chi connectivity index (χ4n) is 2.50. The molecular formula is C19H14N4S. The van der Waals surface area contributed by atoms with Crippen LogP contribution in [0.1, 0.15) is 5.69 Å². The highest BCUT2D eigenvalue weighted by molar-refractivity contribution is 7.14. The molecule has 1 N–H and O–H groups in total. The SMILES string of the molecule is C(=N\Nc1nc(-c2cccc3ccccc23)cs1)/c1ccccn1. The second-order valence-electron chi connectivity index (χ2n) is 5.19. The van der Waals surface area contributed by atoms with Crippen molar-refractivity contribution in [1.82, 2.24) is 9.97 Å². The summed E-state index contributed by atoms with van der Waals surface area (Å²) in [6.45, 7) is 0. The standard InChI is InChI=1S/C19H14N4S/c1-2-9-16-14(6-1)7-5-10-17(16)18-13-24-19(22-18)23-21-12-15-8-3-4-11-20-15/h1-13H,(H,22,23)/b21-12+. The molecule has 0 spiro atoms. The van der Waals surface area contributed by atoms with Crippen LogP contribution in [0, 0.1) is 0 Å². The lowest BCUT2D eigenvalue weighted by atomic mass is 10.0. The molecule has 4 rings (SSSR count). The molecule has 0 bridgehead atoms. The molecule has 4 aromatic rings. The Bertz CT molecular complexity index is 987. The molecule has 0 fully saturated rings. The van der Waals surface area contributed by atoms with Gasteiger partial charge in [0.2, 0.25) is 5.13 Å². The summed E-state index contributed by atoms with van der Waals surface area (Å²) in [5.74, 6) is 0. The Morgan fingerprint density at radius 2 is 1.83 bits per heavy atom. The van der Waals surface area contributed by atoms with Gasteiger partial charge >= 0.3 is 0 Å². The third-order valence-electron chi connectivity index (χ3n) is 3.61. The van der Waals surface area contributed by atoms with Gasteiger partial charge in [-0.05, 0) is 22.9 Å². The van der Waals surface area contributed by atoms with Gasteiger partial charge in [0.25, 0.3) is 0 Å². The van der Waals surface area contributed by atoms with E-state index in [2.05, 4.69) is 56.9 Å². The number of nitrogens with one attached hydrogen (secondary N) is 1. The maximum atomic E-state index is 4.64. The fourth-order valence-corrected chi connectivity index (χ4v) is 3.16. The van der Waals surface area contributed by atoms with Gasteiger partial charge in [0.15, 0.2) is 0 Å². The summed E-state index contributed by atoms with van der Waals surface area (Å²) in [7, 11) is 0. The van der Waals surface area contributed by atoms with Crippen LogP contribution in [0.15, 0.2) is 77.3 Å². The van der Waals surface area contributed by atoms with Crippen LogP contribution >= 0.6 is 11.3 Å². The van der Waals surface area contributed by atoms with Gasteiger partial charge < -0.3 is 0 Å². The predicted molar refractivity (Wildman–Crippen MR) is 101 cm³/mol. The number of hydrazone groups is 1. The number of nitrogens with zero attached hydrogens (tertiary/aromatic N) is 3. The molecule has 0 aliphatic rings. The molecule has 116 valence electrons. The van der Waals surface area contributed by atoms with Gasteiger partial charge in [0, 0.05) is 17.1 Å². The van der Waals surface area contributed by atoms with E-state index >= 15 is 0 Å². The van der Waals surface area contributed by atoms with Crippen molar-refractivity contribution in [2.45, 2.75) is 0 Å². The summed E-state index contributed by atoms with van der Waals surface area (Å²) >= 11 is 1.53. The zero-order chi connectivity index (χ0) is 16.2. The highest BCUT2D eigenvalue weighted by atomic mass is 32.1. The van der Waals surface area contributed by atoms with Gasteiger partial charge in [-0.2, -0.15) is 5.10 Å². The van der Waals surface area contributed by atoms with E-state index in [0.717, 1.165) is 22.1 Å². The highest BCUT2D eigenvalue weighted by Gasteiger charge is 2.07. The summed E-state index contributed by atoms with van der Waals surface area (Å²) in [5.41, 5.74) is 5.85. The van der Waals surface area contributed by atoms with Gasteiger partial charge in [-0.1, -0.05) is 48.5 Å². The normalized spacial score (nSPS) is 11.2. The lowest BCUT2D eigenvalue weighted by Gasteiger charge is -2.03. The van der Waals surface area contributed by atoms with Gasteiger partial charge in [-0.3, -0.25) is 10.4 Å². The number of thiazole rings is 1. The van der Waals surface area contributed by atoms with Crippen LogP contribution in [0.4, 0.5) is 5.13 Å². The van der Waals surface area contributed by atoms with E-state index < -0.39 is 0 Å². The van der Waals surface area contributed by atoms with Crippen LogP contribution in [0.3, 0.4) is 0 Å². The quantitative estimate of drug-likeness (QED) is 0.432. The summed E-state index contributed by atoms with van der Waals surface area (Å²) in [6.07, 6.45) is 3.42. The van der Waals surface area contributed by atoms with Crippen molar-refractivity contribution < 1.29 is 0 Å². The molecule has 4 nitrogen and oxygen atoms in total. The molecule has 0 unspecified atom stereocenters. The minimum absolute atomic E-state index is 0.755. The topological polar surface area (TPSA) is 50.2 Å². The molecule has 0 saturated heterocycles. The first-order valence-electron chi connectivity index (χ1n) is 7.54. The van der Waals surface area contributed by atoms with E-state index in [1.807, 2.05) is 29.6 Å². The van der Waals surface area contributed by atoms with Gasteiger partial charge in [-0.25, -0.2) is 4.98 Å². The van der Waals surface area contributed by atoms with Crippen LogP contribution in [0.5, 0.6) is 0 Å². The average Bonchev–Trinajstić information content (AvgIpc) is 3.11. The van der Waals surface area contributed by atoms with Crippen molar-refractivity contribution in [2.75, 3.05) is 5.43 Å². The molecule has 0 aliphatic heterocycles. The molecule has 0 radical (unpaired) electrons. The number of benzene rings is 2. The Hall–Kier alpha value is -3.05. The van der Waals surface area contributed by atoms with Gasteiger partial charge in [-0.15, -0.1) is 11.3 Å². The van der Waals surface area contributed by atoms with Crippen LogP contribution in [0.25, 0.3) is 22.0 Å². The summed E-state index contributed by atoms with van der Waals surface area (Å²) in [6, 6.07) is 20.3. The number of hydrogen-bond acceptors (Lipinski definition) is 5. The smallest absolute Gasteiger partial charge is 0.203 e. The lowest BCUT2D eigenvalue weighted by Crippen LogP contribution is -1.91. The van der Waals surface area contributed by atoms with E-state index in [4.69, 9.17) is 0 Å². The Labute approximate surface area is 143 Å². The number of hydrogen-bond donors (Lipinski definition) is 1. The minimum atomic E-state index is 0.755. The maximum absolute atomic E-state index is 4.64. The van der Waals surface area contributed by atoms with Gasteiger partial charge in [0.1, 0.15) is 0 Å². The van der Waals surface area contributed by atoms with Gasteiger partial charge in [0.05, 0.1) is 17.6 Å².